The van der Waals surface area contributed by atoms with Crippen molar-refractivity contribution in [1.82, 2.24) is 20.1 Å². The van der Waals surface area contributed by atoms with Gasteiger partial charge < -0.3 is 9.73 Å². The van der Waals surface area contributed by atoms with E-state index in [9.17, 15) is 4.79 Å². The molecule has 1 amide bonds. The zero-order valence-electron chi connectivity index (χ0n) is 13.4. The number of rotatable bonds is 3. The van der Waals surface area contributed by atoms with Gasteiger partial charge in [-0.15, -0.1) is 0 Å². The molecule has 0 saturated heterocycles. The van der Waals surface area contributed by atoms with Crippen molar-refractivity contribution in [2.24, 2.45) is 0 Å². The van der Waals surface area contributed by atoms with Crippen molar-refractivity contribution in [1.29, 1.82) is 0 Å². The van der Waals surface area contributed by atoms with Crippen LogP contribution in [-0.4, -0.2) is 20.7 Å². The highest BCUT2D eigenvalue weighted by molar-refractivity contribution is 5.95. The van der Waals surface area contributed by atoms with E-state index in [4.69, 9.17) is 4.42 Å². The van der Waals surface area contributed by atoms with Gasteiger partial charge in [0.15, 0.2) is 0 Å². The number of aromatic nitrogens is 3. The summed E-state index contributed by atoms with van der Waals surface area (Å²) in [4.78, 5) is 16.5. The smallest absolute Gasteiger partial charge is 0.255 e. The van der Waals surface area contributed by atoms with Crippen LogP contribution in [0.2, 0.25) is 0 Å². The largest absolute Gasteiger partial charge is 0.469 e. The predicted octanol–water partition coefficient (Wildman–Crippen LogP) is 2.98. The van der Waals surface area contributed by atoms with Crippen molar-refractivity contribution in [2.45, 2.75) is 32.2 Å². The van der Waals surface area contributed by atoms with Crippen LogP contribution in [0.3, 0.4) is 0 Å². The van der Waals surface area contributed by atoms with Gasteiger partial charge in [0.25, 0.3) is 5.91 Å². The molecule has 1 unspecified atom stereocenters. The summed E-state index contributed by atoms with van der Waals surface area (Å²) < 4.78 is 7.17. The summed E-state index contributed by atoms with van der Waals surface area (Å²) in [7, 11) is 0. The molecule has 4 rings (SSSR count). The lowest BCUT2D eigenvalue weighted by molar-refractivity contribution is 0.0931. The van der Waals surface area contributed by atoms with Gasteiger partial charge in [0, 0.05) is 23.7 Å². The highest BCUT2D eigenvalue weighted by Crippen LogP contribution is 2.31. The third kappa shape index (κ3) is 2.50. The van der Waals surface area contributed by atoms with Crippen molar-refractivity contribution < 1.29 is 9.21 Å². The van der Waals surface area contributed by atoms with Crippen LogP contribution >= 0.6 is 0 Å². The molecule has 0 aliphatic heterocycles. The van der Waals surface area contributed by atoms with Crippen molar-refractivity contribution in [3.05, 3.63) is 65.6 Å². The lowest BCUT2D eigenvalue weighted by Gasteiger charge is -2.24. The van der Waals surface area contributed by atoms with Crippen molar-refractivity contribution in [3.8, 4) is 5.69 Å². The molecule has 0 aromatic carbocycles. The standard InChI is InChI=1S/C18H18N4O2/c1-12-14(7-10-24-12)18(23)21-16-3-2-4-17-15(16)11-20-22(17)13-5-8-19-9-6-13/h5-11,16H,2-4H2,1H3,(H,21,23). The molecule has 6 nitrogen and oxygen atoms in total. The SMILES string of the molecule is Cc1occc1C(=O)NC1CCCc2c1cnn2-c1ccncc1. The van der Waals surface area contributed by atoms with Gasteiger partial charge in [0.05, 0.1) is 29.8 Å². The first-order chi connectivity index (χ1) is 11.7. The Kier molecular flexibility index (Phi) is 3.65. The Labute approximate surface area is 139 Å². The third-order valence-corrected chi connectivity index (χ3v) is 4.50. The molecular formula is C18H18N4O2. The number of carbonyl (C=O) groups excluding carboxylic acids is 1. The van der Waals surface area contributed by atoms with Gasteiger partial charge in [0.2, 0.25) is 0 Å². The van der Waals surface area contributed by atoms with E-state index in [2.05, 4.69) is 15.4 Å². The fraction of sp³-hybridized carbons (Fsp3) is 0.278. The molecule has 3 aromatic heterocycles. The minimum atomic E-state index is -0.101. The van der Waals surface area contributed by atoms with Gasteiger partial charge in [0.1, 0.15) is 5.76 Å². The van der Waals surface area contributed by atoms with Gasteiger partial charge in [-0.25, -0.2) is 4.68 Å². The van der Waals surface area contributed by atoms with E-state index >= 15 is 0 Å². The molecule has 1 atom stereocenters. The monoisotopic (exact) mass is 322 g/mol. The quantitative estimate of drug-likeness (QED) is 0.804. The van der Waals surface area contributed by atoms with Crippen LogP contribution in [0.1, 0.15) is 46.3 Å². The maximum atomic E-state index is 12.5. The molecule has 24 heavy (non-hydrogen) atoms. The fourth-order valence-corrected chi connectivity index (χ4v) is 3.27. The topological polar surface area (TPSA) is 73.0 Å². The Morgan fingerprint density at radius 2 is 2.17 bits per heavy atom. The maximum absolute atomic E-state index is 12.5. The molecule has 1 N–H and O–H groups in total. The predicted molar refractivity (Wildman–Crippen MR) is 87.9 cm³/mol. The highest BCUT2D eigenvalue weighted by Gasteiger charge is 2.27. The molecule has 1 aliphatic carbocycles. The highest BCUT2D eigenvalue weighted by atomic mass is 16.3. The summed E-state index contributed by atoms with van der Waals surface area (Å²) in [5.41, 5.74) is 3.82. The zero-order chi connectivity index (χ0) is 16.5. The molecule has 0 radical (unpaired) electrons. The number of nitrogens with one attached hydrogen (secondary N) is 1. The van der Waals surface area contributed by atoms with Gasteiger partial charge in [-0.05, 0) is 44.4 Å². The number of nitrogens with zero attached hydrogens (tertiary/aromatic N) is 3. The minimum Gasteiger partial charge on any atom is -0.469 e. The van der Waals surface area contributed by atoms with Gasteiger partial charge >= 0.3 is 0 Å². The zero-order valence-corrected chi connectivity index (χ0v) is 13.4. The average molecular weight is 322 g/mol. The number of pyridine rings is 1. The molecule has 0 bridgehead atoms. The van der Waals surface area contributed by atoms with Crippen LogP contribution in [0, 0.1) is 6.92 Å². The van der Waals surface area contributed by atoms with E-state index in [0.717, 1.165) is 36.2 Å². The van der Waals surface area contributed by atoms with Gasteiger partial charge in [-0.1, -0.05) is 0 Å². The number of hydrogen-bond acceptors (Lipinski definition) is 4. The van der Waals surface area contributed by atoms with Gasteiger partial charge in [-0.2, -0.15) is 5.10 Å². The molecule has 1 aliphatic rings. The van der Waals surface area contributed by atoms with Crippen LogP contribution in [0.25, 0.3) is 5.69 Å². The lowest BCUT2D eigenvalue weighted by atomic mass is 9.92. The van der Waals surface area contributed by atoms with E-state index < -0.39 is 0 Å². The fourth-order valence-electron chi connectivity index (χ4n) is 3.27. The normalized spacial score (nSPS) is 16.6. The average Bonchev–Trinajstić information content (AvgIpc) is 3.22. The first-order valence-electron chi connectivity index (χ1n) is 8.06. The second-order valence-electron chi connectivity index (χ2n) is 5.97. The number of amides is 1. The molecule has 0 spiro atoms. The van der Waals surface area contributed by atoms with E-state index in [-0.39, 0.29) is 11.9 Å². The van der Waals surface area contributed by atoms with Gasteiger partial charge in [-0.3, -0.25) is 9.78 Å². The van der Waals surface area contributed by atoms with Crippen LogP contribution in [-0.2, 0) is 6.42 Å². The summed E-state index contributed by atoms with van der Waals surface area (Å²) in [6.07, 6.45) is 9.80. The van der Waals surface area contributed by atoms with Crippen molar-refractivity contribution in [3.63, 3.8) is 0 Å². The van der Waals surface area contributed by atoms with Crippen molar-refractivity contribution in [2.75, 3.05) is 0 Å². The maximum Gasteiger partial charge on any atom is 0.255 e. The van der Waals surface area contributed by atoms with Crippen LogP contribution in [0.5, 0.6) is 0 Å². The van der Waals surface area contributed by atoms with E-state index in [1.807, 2.05) is 23.0 Å². The number of aryl methyl sites for hydroxylation is 1. The molecule has 122 valence electrons. The first kappa shape index (κ1) is 14.7. The Bertz CT molecular complexity index is 866. The Balaban J connectivity index is 1.62. The van der Waals surface area contributed by atoms with E-state index in [0.29, 0.717) is 11.3 Å². The molecule has 6 heteroatoms. The first-order valence-corrected chi connectivity index (χ1v) is 8.06. The van der Waals surface area contributed by atoms with E-state index in [1.165, 1.54) is 6.26 Å². The second-order valence-corrected chi connectivity index (χ2v) is 5.97. The van der Waals surface area contributed by atoms with E-state index in [1.54, 1.807) is 25.4 Å². The Morgan fingerprint density at radius 3 is 2.92 bits per heavy atom. The molecular weight excluding hydrogens is 304 g/mol. The van der Waals surface area contributed by atoms with Crippen molar-refractivity contribution >= 4 is 5.91 Å². The second kappa shape index (κ2) is 5.96. The van der Waals surface area contributed by atoms with Crippen LogP contribution in [0.4, 0.5) is 0 Å². The number of hydrogen-bond donors (Lipinski definition) is 1. The summed E-state index contributed by atoms with van der Waals surface area (Å²) in [5.74, 6) is 0.534. The third-order valence-electron chi connectivity index (χ3n) is 4.50. The number of furan rings is 1. The molecule has 0 saturated carbocycles. The summed E-state index contributed by atoms with van der Waals surface area (Å²) in [6, 6.07) is 5.55. The lowest BCUT2D eigenvalue weighted by Crippen LogP contribution is -2.31. The Morgan fingerprint density at radius 1 is 1.33 bits per heavy atom. The van der Waals surface area contributed by atoms with Crippen LogP contribution < -0.4 is 5.32 Å². The molecule has 3 aromatic rings. The summed E-state index contributed by atoms with van der Waals surface area (Å²) >= 11 is 0. The molecule has 3 heterocycles. The summed E-state index contributed by atoms with van der Waals surface area (Å²) in [5, 5.41) is 7.64. The number of carbonyl (C=O) groups is 1. The summed E-state index contributed by atoms with van der Waals surface area (Å²) in [6.45, 7) is 1.79. The molecule has 0 fully saturated rings. The van der Waals surface area contributed by atoms with Crippen LogP contribution in [0.15, 0.2) is 47.5 Å². The Hall–Kier alpha value is -2.89. The minimum absolute atomic E-state index is 0.0221. The number of fused-ring (bicyclic) bond motifs is 1.